The van der Waals surface area contributed by atoms with Crippen LogP contribution < -0.4 is 4.72 Å². The predicted octanol–water partition coefficient (Wildman–Crippen LogP) is 0.949. The molecule has 0 bridgehead atoms. The first-order valence-electron chi connectivity index (χ1n) is 4.57. The van der Waals surface area contributed by atoms with Crippen molar-refractivity contribution in [2.24, 2.45) is 0 Å². The van der Waals surface area contributed by atoms with E-state index in [0.717, 1.165) is 18.1 Å². The molecule has 90 valence electrons. The van der Waals surface area contributed by atoms with Crippen LogP contribution in [-0.2, 0) is 21.4 Å². The Balaban J connectivity index is 2.69. The molecule has 5 nitrogen and oxygen atoms in total. The van der Waals surface area contributed by atoms with Gasteiger partial charge in [0, 0.05) is 6.54 Å². The van der Waals surface area contributed by atoms with E-state index in [-0.39, 0.29) is 6.54 Å². The number of sulfonamides is 1. The fraction of sp³-hybridized carbons (Fsp3) is 0.444. The Morgan fingerprint density at radius 1 is 1.56 bits per heavy atom. The van der Waals surface area contributed by atoms with Crippen LogP contribution in [0.3, 0.4) is 0 Å². The van der Waals surface area contributed by atoms with Crippen molar-refractivity contribution in [2.75, 3.05) is 0 Å². The fourth-order valence-corrected chi connectivity index (χ4v) is 2.73. The topological polar surface area (TPSA) is 83.5 Å². The molecule has 0 aromatic carbocycles. The van der Waals surface area contributed by atoms with Gasteiger partial charge in [0.05, 0.1) is 0 Å². The van der Waals surface area contributed by atoms with Gasteiger partial charge in [0.15, 0.2) is 5.25 Å². The molecule has 1 unspecified atom stereocenters. The van der Waals surface area contributed by atoms with Crippen molar-refractivity contribution in [1.82, 2.24) is 4.72 Å². The largest absolute Gasteiger partial charge is 0.480 e. The predicted molar refractivity (Wildman–Crippen MR) is 61.9 cm³/mol. The third-order valence-electron chi connectivity index (χ3n) is 2.24. The van der Waals surface area contributed by atoms with Gasteiger partial charge in [-0.25, -0.2) is 13.1 Å². The van der Waals surface area contributed by atoms with Crippen molar-refractivity contribution < 1.29 is 18.3 Å². The minimum atomic E-state index is -3.80. The molecule has 1 atom stereocenters. The number of aliphatic carboxylic acids is 1. The van der Waals surface area contributed by atoms with Gasteiger partial charge in [-0.15, -0.1) is 0 Å². The molecule has 1 heterocycles. The van der Waals surface area contributed by atoms with Crippen molar-refractivity contribution in [3.8, 4) is 0 Å². The number of thiophene rings is 1. The van der Waals surface area contributed by atoms with Gasteiger partial charge in [0.25, 0.3) is 0 Å². The van der Waals surface area contributed by atoms with E-state index in [1.54, 1.807) is 0 Å². The second kappa shape index (κ2) is 4.94. The molecule has 0 spiro atoms. The van der Waals surface area contributed by atoms with Crippen LogP contribution in [0.4, 0.5) is 0 Å². The first kappa shape index (κ1) is 13.1. The molecule has 0 saturated heterocycles. The number of carboxylic acids is 1. The van der Waals surface area contributed by atoms with Crippen LogP contribution >= 0.6 is 11.3 Å². The third kappa shape index (κ3) is 3.03. The van der Waals surface area contributed by atoms with E-state index >= 15 is 0 Å². The van der Waals surface area contributed by atoms with Gasteiger partial charge in [0.1, 0.15) is 0 Å². The number of carbonyl (C=O) groups is 1. The second-order valence-corrected chi connectivity index (χ2v) is 6.26. The molecular formula is C9H13NO4S2. The lowest BCUT2D eigenvalue weighted by atomic mass is 10.2. The highest BCUT2D eigenvalue weighted by molar-refractivity contribution is 7.90. The standard InChI is InChI=1S/C9H13NO4S2/c1-6-4-15-5-8(6)3-10-16(13,14)7(2)9(11)12/h4-5,7,10H,3H2,1-2H3,(H,11,12). The highest BCUT2D eigenvalue weighted by Crippen LogP contribution is 2.13. The molecule has 0 amide bonds. The minimum Gasteiger partial charge on any atom is -0.480 e. The summed E-state index contributed by atoms with van der Waals surface area (Å²) in [6.45, 7) is 3.15. The summed E-state index contributed by atoms with van der Waals surface area (Å²) in [5, 5.41) is 10.9. The highest BCUT2D eigenvalue weighted by Gasteiger charge is 2.27. The smallest absolute Gasteiger partial charge is 0.323 e. The van der Waals surface area contributed by atoms with Crippen LogP contribution in [0.1, 0.15) is 18.1 Å². The summed E-state index contributed by atoms with van der Waals surface area (Å²) in [6.07, 6.45) is 0. The Labute approximate surface area is 98.2 Å². The Morgan fingerprint density at radius 2 is 2.19 bits per heavy atom. The van der Waals surface area contributed by atoms with Crippen molar-refractivity contribution in [3.63, 3.8) is 0 Å². The zero-order valence-electron chi connectivity index (χ0n) is 8.93. The number of rotatable bonds is 5. The summed E-state index contributed by atoms with van der Waals surface area (Å²) in [5.74, 6) is -1.35. The molecular weight excluding hydrogens is 250 g/mol. The zero-order chi connectivity index (χ0) is 12.3. The maximum Gasteiger partial charge on any atom is 0.323 e. The van der Waals surface area contributed by atoms with Crippen LogP contribution in [0.25, 0.3) is 0 Å². The maximum atomic E-state index is 11.5. The zero-order valence-corrected chi connectivity index (χ0v) is 10.6. The van der Waals surface area contributed by atoms with Crippen molar-refractivity contribution in [3.05, 3.63) is 21.9 Å². The molecule has 16 heavy (non-hydrogen) atoms. The van der Waals surface area contributed by atoms with E-state index in [9.17, 15) is 13.2 Å². The summed E-state index contributed by atoms with van der Waals surface area (Å²) in [4.78, 5) is 10.6. The Morgan fingerprint density at radius 3 is 2.62 bits per heavy atom. The lowest BCUT2D eigenvalue weighted by molar-refractivity contribution is -0.136. The number of carboxylic acid groups (broad SMARTS) is 1. The third-order valence-corrected chi connectivity index (χ3v) is 4.83. The van der Waals surface area contributed by atoms with Gasteiger partial charge in [-0.05, 0) is 35.7 Å². The van der Waals surface area contributed by atoms with E-state index < -0.39 is 21.2 Å². The highest BCUT2D eigenvalue weighted by atomic mass is 32.2. The van der Waals surface area contributed by atoms with Gasteiger partial charge in [0.2, 0.25) is 10.0 Å². The molecule has 0 aliphatic carbocycles. The first-order chi connectivity index (χ1) is 7.34. The molecule has 1 aromatic rings. The van der Waals surface area contributed by atoms with Crippen LogP contribution in [0.2, 0.25) is 0 Å². The average Bonchev–Trinajstić information content (AvgIpc) is 2.60. The molecule has 0 fully saturated rings. The van der Waals surface area contributed by atoms with Crippen molar-refractivity contribution in [1.29, 1.82) is 0 Å². The molecule has 0 aliphatic rings. The average molecular weight is 263 g/mol. The van der Waals surface area contributed by atoms with E-state index in [0.29, 0.717) is 0 Å². The Kier molecular flexibility index (Phi) is 4.06. The quantitative estimate of drug-likeness (QED) is 0.828. The summed E-state index contributed by atoms with van der Waals surface area (Å²) in [6, 6.07) is 0. The summed E-state index contributed by atoms with van der Waals surface area (Å²) < 4.78 is 25.3. The number of nitrogens with one attached hydrogen (secondary N) is 1. The molecule has 0 radical (unpaired) electrons. The van der Waals surface area contributed by atoms with Crippen molar-refractivity contribution in [2.45, 2.75) is 25.6 Å². The lowest BCUT2D eigenvalue weighted by Gasteiger charge is -2.09. The Bertz CT molecular complexity index is 477. The van der Waals surface area contributed by atoms with Crippen molar-refractivity contribution >= 4 is 27.3 Å². The van der Waals surface area contributed by atoms with Crippen LogP contribution in [0.5, 0.6) is 0 Å². The second-order valence-electron chi connectivity index (χ2n) is 3.43. The van der Waals surface area contributed by atoms with E-state index in [2.05, 4.69) is 4.72 Å². The van der Waals surface area contributed by atoms with Crippen LogP contribution in [0.15, 0.2) is 10.8 Å². The maximum absolute atomic E-state index is 11.5. The van der Waals surface area contributed by atoms with E-state index in [4.69, 9.17) is 5.11 Å². The number of aryl methyl sites for hydroxylation is 1. The van der Waals surface area contributed by atoms with Gasteiger partial charge in [-0.1, -0.05) is 0 Å². The van der Waals surface area contributed by atoms with Crippen LogP contribution in [0, 0.1) is 6.92 Å². The van der Waals surface area contributed by atoms with Gasteiger partial charge in [-0.3, -0.25) is 4.79 Å². The molecule has 0 aliphatic heterocycles. The van der Waals surface area contributed by atoms with E-state index in [1.165, 1.54) is 11.3 Å². The molecule has 7 heteroatoms. The summed E-state index contributed by atoms with van der Waals surface area (Å²) in [5.41, 5.74) is 1.86. The summed E-state index contributed by atoms with van der Waals surface area (Å²) >= 11 is 1.48. The number of hydrogen-bond donors (Lipinski definition) is 2. The van der Waals surface area contributed by atoms with E-state index in [1.807, 2.05) is 17.7 Å². The SMILES string of the molecule is Cc1cscc1CNS(=O)(=O)C(C)C(=O)O. The Hall–Kier alpha value is -0.920. The molecule has 1 rings (SSSR count). The fourth-order valence-electron chi connectivity index (χ4n) is 1.00. The summed E-state index contributed by atoms with van der Waals surface area (Å²) in [7, 11) is -3.80. The molecule has 1 aromatic heterocycles. The lowest BCUT2D eigenvalue weighted by Crippen LogP contribution is -2.37. The number of hydrogen-bond acceptors (Lipinski definition) is 4. The first-order valence-corrected chi connectivity index (χ1v) is 7.06. The molecule has 2 N–H and O–H groups in total. The normalized spacial score (nSPS) is 13.6. The van der Waals surface area contributed by atoms with Gasteiger partial charge >= 0.3 is 5.97 Å². The van der Waals surface area contributed by atoms with Crippen LogP contribution in [-0.4, -0.2) is 24.7 Å². The van der Waals surface area contributed by atoms with Gasteiger partial charge in [-0.2, -0.15) is 11.3 Å². The molecule has 0 saturated carbocycles. The van der Waals surface area contributed by atoms with Gasteiger partial charge < -0.3 is 5.11 Å². The minimum absolute atomic E-state index is 0.134. The monoisotopic (exact) mass is 263 g/mol.